The van der Waals surface area contributed by atoms with Crippen LogP contribution in [0.4, 0.5) is 4.39 Å². The first-order chi connectivity index (χ1) is 23.9. The van der Waals surface area contributed by atoms with Gasteiger partial charge in [-0.1, -0.05) is 29.5 Å². The van der Waals surface area contributed by atoms with Gasteiger partial charge < -0.3 is 28.8 Å². The number of carbonyl (C=O) groups is 3. The second-order valence-electron chi connectivity index (χ2n) is 12.1. The molecule has 0 atom stereocenters. The van der Waals surface area contributed by atoms with Crippen molar-refractivity contribution >= 4 is 34.2 Å². The van der Waals surface area contributed by atoms with E-state index in [0.717, 1.165) is 5.56 Å². The third kappa shape index (κ3) is 6.43. The highest BCUT2D eigenvalue weighted by Gasteiger charge is 2.28. The first-order valence-electron chi connectivity index (χ1n) is 16.3. The monoisotopic (exact) mass is 665 g/mol. The van der Waals surface area contributed by atoms with Crippen LogP contribution in [-0.2, 0) is 11.3 Å². The molecule has 1 saturated heterocycles. The Labute approximate surface area is 281 Å². The Balaban J connectivity index is 1.19. The van der Waals surface area contributed by atoms with Gasteiger partial charge >= 0.3 is 0 Å². The molecule has 3 aromatic heterocycles. The number of aromatic nitrogens is 4. The summed E-state index contributed by atoms with van der Waals surface area (Å²) in [5.74, 6) is -0.182. The second kappa shape index (κ2) is 13.8. The van der Waals surface area contributed by atoms with Crippen molar-refractivity contribution in [2.24, 2.45) is 0 Å². The van der Waals surface area contributed by atoms with Crippen molar-refractivity contribution in [1.82, 2.24) is 34.7 Å². The minimum atomic E-state index is -0.498. The number of para-hydroxylation sites is 1. The average Bonchev–Trinajstić information content (AvgIpc) is 3.92. The van der Waals surface area contributed by atoms with Crippen molar-refractivity contribution in [3.63, 3.8) is 0 Å². The largest absolute Gasteiger partial charge is 0.496 e. The Morgan fingerprint density at radius 2 is 1.76 bits per heavy atom. The first-order valence-corrected chi connectivity index (χ1v) is 16.3. The standard InChI is InChI=1S/C36H36FN7O5/c1-48-30-9-3-2-8-25(30)27-21-26(24-7-4-13-43(23-24)32(45)11-16-44-17-12-38-40-44)33(37)34-28(27)22-29(39-34)35(46)41-14-6-15-42(19-18-41)36(47)31-10-5-20-49-31/h2-3,5,7-10,12,17,20-22,39H,4,6,11,13-16,18-19,23H2,1H3. The van der Waals surface area contributed by atoms with Crippen molar-refractivity contribution in [3.05, 3.63) is 96.1 Å². The molecule has 0 aliphatic carbocycles. The fraction of sp³-hybridized carbons (Fsp3) is 0.306. The smallest absolute Gasteiger partial charge is 0.289 e. The molecule has 1 N–H and O–H groups in total. The van der Waals surface area contributed by atoms with Gasteiger partial charge in [0.15, 0.2) is 11.6 Å². The van der Waals surface area contributed by atoms with Crippen LogP contribution in [0.3, 0.4) is 0 Å². The molecule has 13 heteroatoms. The fourth-order valence-corrected chi connectivity index (χ4v) is 6.62. The van der Waals surface area contributed by atoms with E-state index in [1.54, 1.807) is 63.2 Å². The maximum Gasteiger partial charge on any atom is 0.289 e. The van der Waals surface area contributed by atoms with Gasteiger partial charge in [0.05, 0.1) is 31.6 Å². The minimum absolute atomic E-state index is 0.0535. The first kappa shape index (κ1) is 31.9. The maximum absolute atomic E-state index is 16.6. The molecule has 0 bridgehead atoms. The van der Waals surface area contributed by atoms with E-state index in [4.69, 9.17) is 9.15 Å². The molecule has 12 nitrogen and oxygen atoms in total. The van der Waals surface area contributed by atoms with Gasteiger partial charge in [-0.3, -0.25) is 19.1 Å². The zero-order valence-corrected chi connectivity index (χ0v) is 27.1. The predicted octanol–water partition coefficient (Wildman–Crippen LogP) is 4.86. The molecule has 0 spiro atoms. The van der Waals surface area contributed by atoms with Gasteiger partial charge in [0.1, 0.15) is 11.4 Å². The number of furan rings is 1. The summed E-state index contributed by atoms with van der Waals surface area (Å²) in [7, 11) is 1.58. The Hall–Kier alpha value is -5.72. The van der Waals surface area contributed by atoms with Crippen LogP contribution in [0.2, 0.25) is 0 Å². The van der Waals surface area contributed by atoms with E-state index in [-0.39, 0.29) is 47.7 Å². The Kier molecular flexibility index (Phi) is 8.97. The van der Waals surface area contributed by atoms with E-state index in [0.29, 0.717) is 79.9 Å². The topological polar surface area (TPSA) is 130 Å². The lowest BCUT2D eigenvalue weighted by Gasteiger charge is -2.28. The van der Waals surface area contributed by atoms with E-state index >= 15 is 4.39 Å². The summed E-state index contributed by atoms with van der Waals surface area (Å²) < 4.78 is 29.2. The van der Waals surface area contributed by atoms with Crippen molar-refractivity contribution < 1.29 is 27.9 Å². The lowest BCUT2D eigenvalue weighted by Crippen LogP contribution is -2.37. The van der Waals surface area contributed by atoms with Gasteiger partial charge in [-0.05, 0) is 54.3 Å². The summed E-state index contributed by atoms with van der Waals surface area (Å²) in [6, 6.07) is 14.3. The molecule has 2 aliphatic heterocycles. The van der Waals surface area contributed by atoms with E-state index in [2.05, 4.69) is 15.3 Å². The number of aromatic amines is 1. The molecular formula is C36H36FN7O5. The number of methoxy groups -OCH3 is 1. The number of carbonyl (C=O) groups excluding carboxylic acids is 3. The van der Waals surface area contributed by atoms with Gasteiger partial charge in [0.2, 0.25) is 5.91 Å². The predicted molar refractivity (Wildman–Crippen MR) is 179 cm³/mol. The number of H-pyrrole nitrogens is 1. The number of rotatable bonds is 8. The summed E-state index contributed by atoms with van der Waals surface area (Å²) >= 11 is 0. The van der Waals surface area contributed by atoms with Gasteiger partial charge in [-0.2, -0.15) is 0 Å². The maximum atomic E-state index is 16.6. The molecule has 0 radical (unpaired) electrons. The highest BCUT2D eigenvalue weighted by Crippen LogP contribution is 2.40. The number of benzene rings is 2. The third-order valence-corrected chi connectivity index (χ3v) is 9.16. The average molecular weight is 666 g/mol. The molecule has 2 aliphatic rings. The number of halogens is 1. The molecule has 7 rings (SSSR count). The van der Waals surface area contributed by atoms with Crippen LogP contribution in [0, 0.1) is 5.82 Å². The molecule has 49 heavy (non-hydrogen) atoms. The van der Waals surface area contributed by atoms with Crippen molar-refractivity contribution in [2.75, 3.05) is 46.4 Å². The molecule has 1 fully saturated rings. The van der Waals surface area contributed by atoms with E-state index in [1.807, 2.05) is 30.3 Å². The van der Waals surface area contributed by atoms with Crippen LogP contribution in [0.15, 0.2) is 77.7 Å². The number of amides is 3. The summed E-state index contributed by atoms with van der Waals surface area (Å²) in [4.78, 5) is 48.2. The van der Waals surface area contributed by atoms with Crippen molar-refractivity contribution in [3.8, 4) is 16.9 Å². The normalized spacial score (nSPS) is 15.3. The van der Waals surface area contributed by atoms with Crippen LogP contribution < -0.4 is 4.74 Å². The lowest BCUT2D eigenvalue weighted by molar-refractivity contribution is -0.131. The van der Waals surface area contributed by atoms with Gasteiger partial charge in [0.25, 0.3) is 11.8 Å². The van der Waals surface area contributed by atoms with Crippen LogP contribution in [0.5, 0.6) is 5.75 Å². The Morgan fingerprint density at radius 3 is 2.51 bits per heavy atom. The second-order valence-corrected chi connectivity index (χ2v) is 12.1. The molecule has 2 aromatic carbocycles. The summed E-state index contributed by atoms with van der Waals surface area (Å²) in [6.45, 7) is 2.78. The number of fused-ring (bicyclic) bond motifs is 1. The number of hydrogen-bond acceptors (Lipinski definition) is 7. The molecule has 0 unspecified atom stereocenters. The summed E-state index contributed by atoms with van der Waals surface area (Å²) in [5.41, 5.74) is 2.92. The van der Waals surface area contributed by atoms with E-state index in [9.17, 15) is 14.4 Å². The van der Waals surface area contributed by atoms with Gasteiger partial charge in [-0.15, -0.1) is 5.10 Å². The lowest BCUT2D eigenvalue weighted by atomic mass is 9.93. The van der Waals surface area contributed by atoms with Gasteiger partial charge in [-0.25, -0.2) is 4.39 Å². The van der Waals surface area contributed by atoms with Crippen molar-refractivity contribution in [1.29, 1.82) is 0 Å². The zero-order chi connectivity index (χ0) is 33.9. The fourth-order valence-electron chi connectivity index (χ4n) is 6.62. The Morgan fingerprint density at radius 1 is 0.939 bits per heavy atom. The zero-order valence-electron chi connectivity index (χ0n) is 27.1. The Bertz CT molecular complexity index is 2020. The number of ether oxygens (including phenoxy) is 1. The number of hydrogen-bond donors (Lipinski definition) is 1. The minimum Gasteiger partial charge on any atom is -0.496 e. The highest BCUT2D eigenvalue weighted by molar-refractivity contribution is 6.05. The molecule has 5 aromatic rings. The third-order valence-electron chi connectivity index (χ3n) is 9.16. The number of nitrogens with one attached hydrogen (secondary N) is 1. The number of aryl methyl sites for hydroxylation is 1. The summed E-state index contributed by atoms with van der Waals surface area (Å²) in [5, 5.41) is 8.26. The van der Waals surface area contributed by atoms with Crippen molar-refractivity contribution in [2.45, 2.75) is 25.8 Å². The number of nitrogens with zero attached hydrogens (tertiary/aromatic N) is 6. The summed E-state index contributed by atoms with van der Waals surface area (Å²) in [6.07, 6.45) is 8.12. The van der Waals surface area contributed by atoms with E-state index < -0.39 is 5.82 Å². The molecular weight excluding hydrogens is 629 g/mol. The molecule has 252 valence electrons. The quantitative estimate of drug-likeness (QED) is 0.251. The molecule has 3 amide bonds. The van der Waals surface area contributed by atoms with E-state index in [1.165, 1.54) is 6.26 Å². The van der Waals surface area contributed by atoms with Crippen LogP contribution in [0.1, 0.15) is 45.9 Å². The highest BCUT2D eigenvalue weighted by atomic mass is 19.1. The van der Waals surface area contributed by atoms with Crippen LogP contribution in [-0.4, -0.2) is 98.8 Å². The van der Waals surface area contributed by atoms with Crippen LogP contribution >= 0.6 is 0 Å². The van der Waals surface area contributed by atoms with Gasteiger partial charge in [0, 0.05) is 68.4 Å². The molecule has 5 heterocycles. The molecule has 0 saturated carbocycles. The SMILES string of the molecule is COc1ccccc1-c1cc(C2=CCCN(C(=O)CCn3ccnn3)C2)c(F)c2[nH]c(C(=O)N3CCCN(C(=O)c4ccco4)CC3)cc12. The van der Waals surface area contributed by atoms with Crippen LogP contribution in [0.25, 0.3) is 27.6 Å².